The van der Waals surface area contributed by atoms with Gasteiger partial charge in [0.1, 0.15) is 5.75 Å². The molecule has 2 rings (SSSR count). The lowest BCUT2D eigenvalue weighted by Gasteiger charge is -2.14. The number of benzene rings is 2. The van der Waals surface area contributed by atoms with E-state index in [-0.39, 0.29) is 6.61 Å². The highest BCUT2D eigenvalue weighted by atomic mass is 35.5. The lowest BCUT2D eigenvalue weighted by Crippen LogP contribution is -2.29. The van der Waals surface area contributed by atoms with Crippen molar-refractivity contribution in [2.24, 2.45) is 0 Å². The maximum Gasteiger partial charge on any atom is 0.347 e. The zero-order valence-corrected chi connectivity index (χ0v) is 15.6. The highest BCUT2D eigenvalue weighted by Crippen LogP contribution is 2.17. The van der Waals surface area contributed by atoms with Crippen molar-refractivity contribution in [2.75, 3.05) is 30.9 Å². The summed E-state index contributed by atoms with van der Waals surface area (Å²) in [5, 5.41) is 3.24. The minimum absolute atomic E-state index is 0.386. The Morgan fingerprint density at radius 1 is 1.08 bits per heavy atom. The van der Waals surface area contributed by atoms with Gasteiger partial charge in [-0.3, -0.25) is 4.79 Å². The van der Waals surface area contributed by atoms with Crippen molar-refractivity contribution < 1.29 is 19.1 Å². The third kappa shape index (κ3) is 5.97. The number of amides is 1. The first-order chi connectivity index (χ1) is 12.3. The van der Waals surface area contributed by atoms with Crippen LogP contribution in [0.15, 0.2) is 48.5 Å². The van der Waals surface area contributed by atoms with Crippen LogP contribution in [-0.4, -0.2) is 38.7 Å². The molecule has 1 N–H and O–H groups in total. The molecule has 26 heavy (non-hydrogen) atoms. The van der Waals surface area contributed by atoms with E-state index in [1.807, 2.05) is 31.1 Å². The Labute approximate surface area is 157 Å². The Bertz CT molecular complexity index is 745. The molecule has 0 bridgehead atoms. The summed E-state index contributed by atoms with van der Waals surface area (Å²) in [6.45, 7) is 1.16. The molecule has 0 unspecified atom stereocenters. The van der Waals surface area contributed by atoms with Crippen LogP contribution < -0.4 is 15.0 Å². The summed E-state index contributed by atoms with van der Waals surface area (Å²) in [4.78, 5) is 25.8. The molecule has 138 valence electrons. The molecule has 0 fully saturated rings. The van der Waals surface area contributed by atoms with E-state index in [9.17, 15) is 9.59 Å². The first kappa shape index (κ1) is 19.6. The molecular weight excluding hydrogens is 356 g/mol. The second-order valence-electron chi connectivity index (χ2n) is 5.81. The monoisotopic (exact) mass is 376 g/mol. The zero-order valence-electron chi connectivity index (χ0n) is 14.9. The predicted octanol–water partition coefficient (Wildman–Crippen LogP) is 3.36. The smallest absolute Gasteiger partial charge is 0.347 e. The van der Waals surface area contributed by atoms with Crippen LogP contribution in [0.1, 0.15) is 6.92 Å². The number of hydrogen-bond donors (Lipinski definition) is 1. The van der Waals surface area contributed by atoms with Crippen molar-refractivity contribution in [3.8, 4) is 5.75 Å². The molecule has 0 heterocycles. The Hall–Kier alpha value is -2.73. The number of esters is 1. The molecule has 2 aromatic carbocycles. The van der Waals surface area contributed by atoms with E-state index in [0.29, 0.717) is 16.5 Å². The average Bonchev–Trinajstić information content (AvgIpc) is 2.62. The molecule has 0 aliphatic rings. The largest absolute Gasteiger partial charge is 0.479 e. The number of carbonyl (C=O) groups excluding carboxylic acids is 2. The number of carbonyl (C=O) groups is 2. The van der Waals surface area contributed by atoms with Gasteiger partial charge in [0.15, 0.2) is 12.7 Å². The van der Waals surface area contributed by atoms with Crippen LogP contribution >= 0.6 is 11.6 Å². The first-order valence-electron chi connectivity index (χ1n) is 8.01. The van der Waals surface area contributed by atoms with Crippen molar-refractivity contribution in [1.82, 2.24) is 0 Å². The molecule has 0 saturated carbocycles. The first-order valence-corrected chi connectivity index (χ1v) is 8.39. The highest BCUT2D eigenvalue weighted by molar-refractivity contribution is 6.30. The fourth-order valence-electron chi connectivity index (χ4n) is 2.06. The number of rotatable bonds is 7. The third-order valence-corrected chi connectivity index (χ3v) is 3.72. The van der Waals surface area contributed by atoms with E-state index < -0.39 is 18.0 Å². The molecule has 0 aliphatic heterocycles. The van der Waals surface area contributed by atoms with Gasteiger partial charge in [-0.05, 0) is 55.5 Å². The van der Waals surface area contributed by atoms with E-state index in [4.69, 9.17) is 21.1 Å². The van der Waals surface area contributed by atoms with E-state index in [1.165, 1.54) is 0 Å². The van der Waals surface area contributed by atoms with Crippen LogP contribution in [-0.2, 0) is 14.3 Å². The Morgan fingerprint density at radius 2 is 1.69 bits per heavy atom. The van der Waals surface area contributed by atoms with Gasteiger partial charge in [-0.25, -0.2) is 4.79 Å². The van der Waals surface area contributed by atoms with Crippen molar-refractivity contribution in [1.29, 1.82) is 0 Å². The lowest BCUT2D eigenvalue weighted by molar-refractivity contribution is -0.153. The fourth-order valence-corrected chi connectivity index (χ4v) is 2.19. The molecule has 0 saturated heterocycles. The van der Waals surface area contributed by atoms with E-state index in [0.717, 1.165) is 5.69 Å². The van der Waals surface area contributed by atoms with Gasteiger partial charge >= 0.3 is 5.97 Å². The molecular formula is C19H21ClN2O4. The van der Waals surface area contributed by atoms with Gasteiger partial charge in [-0.2, -0.15) is 0 Å². The number of nitrogens with one attached hydrogen (secondary N) is 1. The highest BCUT2D eigenvalue weighted by Gasteiger charge is 2.18. The van der Waals surface area contributed by atoms with Gasteiger partial charge < -0.3 is 19.7 Å². The van der Waals surface area contributed by atoms with Gasteiger partial charge in [0, 0.05) is 30.5 Å². The molecule has 1 amide bonds. The molecule has 7 heteroatoms. The summed E-state index contributed by atoms with van der Waals surface area (Å²) >= 11 is 5.79. The van der Waals surface area contributed by atoms with Gasteiger partial charge in [0.2, 0.25) is 0 Å². The number of halogens is 1. The summed E-state index contributed by atoms with van der Waals surface area (Å²) in [5.41, 5.74) is 1.64. The maximum absolute atomic E-state index is 11.9. The molecule has 6 nitrogen and oxygen atoms in total. The number of anilines is 2. The summed E-state index contributed by atoms with van der Waals surface area (Å²) in [5.74, 6) is -0.558. The van der Waals surface area contributed by atoms with Crippen molar-refractivity contribution in [3.63, 3.8) is 0 Å². The quantitative estimate of drug-likeness (QED) is 0.750. The molecule has 0 aromatic heterocycles. The maximum atomic E-state index is 11.9. The van der Waals surface area contributed by atoms with Crippen LogP contribution in [0, 0.1) is 0 Å². The van der Waals surface area contributed by atoms with E-state index in [2.05, 4.69) is 5.32 Å². The topological polar surface area (TPSA) is 67.9 Å². The minimum Gasteiger partial charge on any atom is -0.479 e. The Kier molecular flexibility index (Phi) is 6.86. The van der Waals surface area contributed by atoms with Crippen LogP contribution in [0.2, 0.25) is 5.02 Å². The van der Waals surface area contributed by atoms with Gasteiger partial charge in [0.25, 0.3) is 5.91 Å². The summed E-state index contributed by atoms with van der Waals surface area (Å²) in [7, 11) is 3.86. The normalized spacial score (nSPS) is 11.4. The second-order valence-corrected chi connectivity index (χ2v) is 6.25. The number of nitrogens with zero attached hydrogens (tertiary/aromatic N) is 1. The number of ether oxygens (including phenoxy) is 2. The van der Waals surface area contributed by atoms with Crippen molar-refractivity contribution >= 4 is 34.9 Å². The van der Waals surface area contributed by atoms with Crippen molar-refractivity contribution in [2.45, 2.75) is 13.0 Å². The van der Waals surface area contributed by atoms with Crippen molar-refractivity contribution in [3.05, 3.63) is 53.6 Å². The molecule has 2 aromatic rings. The molecule has 0 aliphatic carbocycles. The van der Waals surface area contributed by atoms with Gasteiger partial charge in [0.05, 0.1) is 0 Å². The summed E-state index contributed by atoms with van der Waals surface area (Å²) < 4.78 is 10.4. The standard InChI is InChI=1S/C19H21ClN2O4/c1-13(26-17-10-4-14(20)5-11-17)19(24)25-12-18(23)21-15-6-8-16(9-7-15)22(2)3/h4-11,13H,12H2,1-3H3,(H,21,23)/t13-/m1/s1. The molecule has 0 spiro atoms. The third-order valence-electron chi connectivity index (χ3n) is 3.47. The fraction of sp³-hybridized carbons (Fsp3) is 0.263. The zero-order chi connectivity index (χ0) is 19.1. The minimum atomic E-state index is -0.844. The van der Waals surface area contributed by atoms with Crippen LogP contribution in [0.5, 0.6) is 5.75 Å². The van der Waals surface area contributed by atoms with Crippen LogP contribution in [0.25, 0.3) is 0 Å². The van der Waals surface area contributed by atoms with Crippen LogP contribution in [0.4, 0.5) is 11.4 Å². The SMILES string of the molecule is C[C@@H](Oc1ccc(Cl)cc1)C(=O)OCC(=O)Nc1ccc(N(C)C)cc1. The summed E-state index contributed by atoms with van der Waals surface area (Å²) in [6, 6.07) is 13.9. The predicted molar refractivity (Wildman–Crippen MR) is 102 cm³/mol. The molecule has 0 radical (unpaired) electrons. The number of hydrogen-bond acceptors (Lipinski definition) is 5. The van der Waals surface area contributed by atoms with Gasteiger partial charge in [-0.1, -0.05) is 11.6 Å². The average molecular weight is 377 g/mol. The van der Waals surface area contributed by atoms with E-state index >= 15 is 0 Å². The summed E-state index contributed by atoms with van der Waals surface area (Å²) in [6.07, 6.45) is -0.844. The molecule has 1 atom stereocenters. The van der Waals surface area contributed by atoms with Crippen LogP contribution in [0.3, 0.4) is 0 Å². The Balaban J connectivity index is 1.78. The lowest BCUT2D eigenvalue weighted by atomic mass is 10.2. The van der Waals surface area contributed by atoms with Gasteiger partial charge in [-0.15, -0.1) is 0 Å². The Morgan fingerprint density at radius 3 is 2.27 bits per heavy atom. The second kappa shape index (κ2) is 9.10. The van der Waals surface area contributed by atoms with E-state index in [1.54, 1.807) is 43.3 Å².